The molecular formula is H4Ca2O8P2Sr3. The molecule has 72 valence electrons. The molecule has 0 atom stereocenters. The third-order valence-electron chi connectivity index (χ3n) is 0. The van der Waals surface area contributed by atoms with Crippen LogP contribution in [0.4, 0.5) is 0 Å². The van der Waals surface area contributed by atoms with Gasteiger partial charge in [-0.1, -0.05) is 0 Å². The van der Waals surface area contributed by atoms with Crippen LogP contribution in [0.5, 0.6) is 0 Å². The van der Waals surface area contributed by atoms with Crippen LogP contribution >= 0.6 is 15.6 Å². The Morgan fingerprint density at radius 2 is 0.600 bits per heavy atom. The molecule has 0 amide bonds. The van der Waals surface area contributed by atoms with Gasteiger partial charge in [-0.3, -0.25) is 0 Å². The van der Waals surface area contributed by atoms with Crippen molar-refractivity contribution in [2.75, 3.05) is 0 Å². The zero-order valence-electron chi connectivity index (χ0n) is 11.7. The second-order valence-electron chi connectivity index (χ2n) is 0.894. The van der Waals surface area contributed by atoms with Crippen molar-refractivity contribution in [3.63, 3.8) is 0 Å². The number of hydrogen-bond donors (Lipinski definition) is 0. The second-order valence-corrected chi connectivity index (χ2v) is 2.68. The van der Waals surface area contributed by atoms with Gasteiger partial charge >= 0.3 is 212 Å². The Balaban J connectivity index is -0.00000000508. The third kappa shape index (κ3) is 151. The Bertz CT molecular complexity index is 152. The first-order chi connectivity index (χ1) is 4.00. The van der Waals surface area contributed by atoms with Gasteiger partial charge in [-0.2, -0.15) is 15.6 Å². The Kier molecular flexibility index (Phi) is 67.5. The average molecular weight is 537 g/mol. The number of rotatable bonds is 0. The molecule has 0 spiro atoms. The van der Waals surface area contributed by atoms with Gasteiger partial charge in [-0.05, 0) is 0 Å². The van der Waals surface area contributed by atoms with Gasteiger partial charge in [0, 0.05) is 0 Å². The molecule has 0 saturated heterocycles. The average Bonchev–Trinajstić information content (AvgIpc) is 1.12. The van der Waals surface area contributed by atoms with E-state index in [0.717, 1.165) is 0 Å². The molecule has 15 heavy (non-hydrogen) atoms. The van der Waals surface area contributed by atoms with Crippen molar-refractivity contribution in [2.45, 2.75) is 0 Å². The Morgan fingerprint density at radius 1 is 0.600 bits per heavy atom. The van der Waals surface area contributed by atoms with Crippen LogP contribution in [-0.2, 0) is 9.13 Å². The fourth-order valence-electron chi connectivity index (χ4n) is 0. The fraction of sp³-hybridized carbons (Fsp3) is 0. The van der Waals surface area contributed by atoms with Gasteiger partial charge in [-0.25, -0.2) is 0 Å². The standard InChI is InChI=1S/2Ca.2H3O4P.3Sr.4H/c;;2*1-5(2,3)4;;;;;;;/h;;2*(H3,1,2,3,4);;;;;;;/q2*+2;;;3*+2;4*-1/p-6. The van der Waals surface area contributed by atoms with E-state index in [1.165, 1.54) is 0 Å². The summed E-state index contributed by atoms with van der Waals surface area (Å²) < 4.78 is 17.1. The molecule has 0 fully saturated rings. The zero-order chi connectivity index (χ0) is 9.00. The van der Waals surface area contributed by atoms with Crippen molar-refractivity contribution in [1.29, 1.82) is 0 Å². The minimum Gasteiger partial charge on any atom is -1.00 e. The summed E-state index contributed by atoms with van der Waals surface area (Å²) in [6, 6.07) is 0. The molecule has 0 N–H and O–H groups in total. The van der Waals surface area contributed by atoms with Crippen LogP contribution in [0.15, 0.2) is 0 Å². The van der Waals surface area contributed by atoms with Crippen molar-refractivity contribution in [2.24, 2.45) is 0 Å². The number of hydrogen-bond acceptors (Lipinski definition) is 8. The SMILES string of the molecule is O=P([O-])([O-])[O-].O=P([O-])([O-])[O-].[Ca+2].[Ca+2].[H-].[H-].[H-].[H-].[Sr+2].[Sr+2].[Sr+2]. The Labute approximate surface area is 264 Å². The topological polar surface area (TPSA) is 172 Å². The molecular weight excluding hydrogens is 533 g/mol. The maximum atomic E-state index is 8.55. The first-order valence-electron chi connectivity index (χ1n) is 1.46. The van der Waals surface area contributed by atoms with E-state index >= 15 is 0 Å². The Hall–Kier alpha value is 7.18. The van der Waals surface area contributed by atoms with Crippen LogP contribution in [0.2, 0.25) is 0 Å². The molecule has 0 unspecified atom stereocenters. The first kappa shape index (κ1) is 43.2. The van der Waals surface area contributed by atoms with Crippen molar-refractivity contribution in [1.82, 2.24) is 0 Å². The summed E-state index contributed by atoms with van der Waals surface area (Å²) in [7, 11) is -10.8. The maximum absolute atomic E-state index is 8.55. The molecule has 15 heteroatoms. The molecule has 0 heterocycles. The summed E-state index contributed by atoms with van der Waals surface area (Å²) >= 11 is 0. The van der Waals surface area contributed by atoms with E-state index in [1.807, 2.05) is 0 Å². The number of phosphoric acid groups is 2. The van der Waals surface area contributed by atoms with Crippen molar-refractivity contribution >= 4 is 228 Å². The van der Waals surface area contributed by atoms with Gasteiger partial charge < -0.3 is 44.2 Å². The van der Waals surface area contributed by atoms with E-state index in [4.69, 9.17) is 38.5 Å². The molecule has 0 aromatic rings. The van der Waals surface area contributed by atoms with E-state index in [-0.39, 0.29) is 218 Å². The summed E-state index contributed by atoms with van der Waals surface area (Å²) in [6.45, 7) is 0. The van der Waals surface area contributed by atoms with Crippen molar-refractivity contribution in [3.8, 4) is 0 Å². The summed E-state index contributed by atoms with van der Waals surface area (Å²) in [5.74, 6) is 0. The summed E-state index contributed by atoms with van der Waals surface area (Å²) in [4.78, 5) is 51.3. The van der Waals surface area contributed by atoms with Gasteiger partial charge in [0.15, 0.2) is 0 Å². The third-order valence-corrected chi connectivity index (χ3v) is 0. The monoisotopic (exact) mass is 538 g/mol. The van der Waals surface area contributed by atoms with E-state index in [2.05, 4.69) is 0 Å². The molecule has 0 aliphatic carbocycles. The molecule has 0 aliphatic rings. The molecule has 0 saturated carbocycles. The summed E-state index contributed by atoms with van der Waals surface area (Å²) in [5, 5.41) is 0. The second kappa shape index (κ2) is 23.4. The van der Waals surface area contributed by atoms with E-state index < -0.39 is 15.6 Å². The predicted octanol–water partition coefficient (Wildman–Crippen LogP) is -7.10. The van der Waals surface area contributed by atoms with Gasteiger partial charge in [0.1, 0.15) is 0 Å². The minimum absolute atomic E-state index is 0. The molecule has 8 nitrogen and oxygen atoms in total. The Morgan fingerprint density at radius 3 is 0.600 bits per heavy atom. The van der Waals surface area contributed by atoms with Crippen molar-refractivity contribution in [3.05, 3.63) is 0 Å². The van der Waals surface area contributed by atoms with Gasteiger partial charge in [0.2, 0.25) is 0 Å². The molecule has 0 aromatic heterocycles. The minimum atomic E-state index is -5.39. The molecule has 0 aliphatic heterocycles. The van der Waals surface area contributed by atoms with E-state index in [1.54, 1.807) is 0 Å². The maximum Gasteiger partial charge on any atom is 2.00 e. The zero-order valence-corrected chi connectivity index (χ0v) is 24.3. The van der Waals surface area contributed by atoms with Crippen LogP contribution < -0.4 is 29.4 Å². The van der Waals surface area contributed by atoms with Crippen LogP contribution in [0, 0.1) is 0 Å². The van der Waals surface area contributed by atoms with Gasteiger partial charge in [0.05, 0.1) is 0 Å². The van der Waals surface area contributed by atoms with Crippen LogP contribution in [0.25, 0.3) is 0 Å². The fourth-order valence-corrected chi connectivity index (χ4v) is 0. The quantitative estimate of drug-likeness (QED) is 0.217. The molecule has 0 aromatic carbocycles. The predicted molar refractivity (Wildman–Crippen MR) is 48.4 cm³/mol. The normalized spacial score (nSPS) is 7.87. The summed E-state index contributed by atoms with van der Waals surface area (Å²) in [6.07, 6.45) is 0. The van der Waals surface area contributed by atoms with Crippen molar-refractivity contribution < 1.29 is 44.2 Å². The van der Waals surface area contributed by atoms with Crippen LogP contribution in [0.1, 0.15) is 5.71 Å². The smallest absolute Gasteiger partial charge is 1.00 e. The summed E-state index contributed by atoms with van der Waals surface area (Å²) in [5.41, 5.74) is 0. The molecule has 0 bridgehead atoms. The van der Waals surface area contributed by atoms with Crippen LogP contribution in [-0.4, -0.2) is 212 Å². The van der Waals surface area contributed by atoms with E-state index in [9.17, 15) is 0 Å². The van der Waals surface area contributed by atoms with Gasteiger partial charge in [-0.15, -0.1) is 0 Å². The van der Waals surface area contributed by atoms with Crippen LogP contribution in [0.3, 0.4) is 0 Å². The van der Waals surface area contributed by atoms with Gasteiger partial charge in [0.25, 0.3) is 0 Å². The largest absolute Gasteiger partial charge is 2.00 e. The van der Waals surface area contributed by atoms with E-state index in [0.29, 0.717) is 0 Å². The molecule has 0 rings (SSSR count). The first-order valence-corrected chi connectivity index (χ1v) is 4.38. The molecule has 0 radical (unpaired) electrons.